The molecule has 0 saturated heterocycles. The lowest BCUT2D eigenvalue weighted by Gasteiger charge is -2.18. The van der Waals surface area contributed by atoms with E-state index in [0.29, 0.717) is 6.61 Å². The zero-order chi connectivity index (χ0) is 15.0. The van der Waals surface area contributed by atoms with E-state index in [2.05, 4.69) is 17.6 Å². The van der Waals surface area contributed by atoms with Crippen LogP contribution in [0.3, 0.4) is 0 Å². The zero-order valence-corrected chi connectivity index (χ0v) is 12.9. The standard InChI is InChI=1S/C16H26N2O2/c1-5-10-20-15-9-7-8-14(11-15)13(4)18-16(19)17-12(3)6-2/h7-9,11-13H,5-6,10H2,1-4H3,(H2,17,18,19)/t12-,13-/m1/s1. The fraction of sp³-hybridized carbons (Fsp3) is 0.562. The maximum atomic E-state index is 11.8. The molecule has 1 aromatic rings. The number of ether oxygens (including phenoxy) is 1. The highest BCUT2D eigenvalue weighted by molar-refractivity contribution is 5.74. The highest BCUT2D eigenvalue weighted by Gasteiger charge is 2.11. The van der Waals surface area contributed by atoms with Gasteiger partial charge in [-0.2, -0.15) is 0 Å². The van der Waals surface area contributed by atoms with Crippen LogP contribution in [0.15, 0.2) is 24.3 Å². The Labute approximate surface area is 121 Å². The molecule has 1 rings (SSSR count). The van der Waals surface area contributed by atoms with Gasteiger partial charge >= 0.3 is 6.03 Å². The highest BCUT2D eigenvalue weighted by Crippen LogP contribution is 2.19. The van der Waals surface area contributed by atoms with E-state index in [1.165, 1.54) is 0 Å². The number of benzene rings is 1. The number of rotatable bonds is 7. The van der Waals surface area contributed by atoms with E-state index in [0.717, 1.165) is 24.2 Å². The predicted molar refractivity (Wildman–Crippen MR) is 82.1 cm³/mol. The molecule has 112 valence electrons. The Hall–Kier alpha value is -1.71. The van der Waals surface area contributed by atoms with Crippen molar-refractivity contribution in [2.45, 2.75) is 52.6 Å². The van der Waals surface area contributed by atoms with Crippen LogP contribution in [0.5, 0.6) is 5.75 Å². The molecule has 0 bridgehead atoms. The monoisotopic (exact) mass is 278 g/mol. The number of hydrogen-bond acceptors (Lipinski definition) is 2. The molecule has 20 heavy (non-hydrogen) atoms. The van der Waals surface area contributed by atoms with Gasteiger partial charge in [-0.05, 0) is 44.4 Å². The summed E-state index contributed by atoms with van der Waals surface area (Å²) in [5.74, 6) is 0.848. The number of hydrogen-bond donors (Lipinski definition) is 2. The molecule has 0 aliphatic rings. The van der Waals surface area contributed by atoms with E-state index in [-0.39, 0.29) is 18.1 Å². The fourth-order valence-corrected chi connectivity index (χ4v) is 1.74. The van der Waals surface area contributed by atoms with Crippen molar-refractivity contribution in [3.05, 3.63) is 29.8 Å². The Morgan fingerprint density at radius 2 is 2.00 bits per heavy atom. The molecule has 0 saturated carbocycles. The SMILES string of the molecule is CCCOc1cccc([C@@H](C)NC(=O)N[C@H](C)CC)c1. The summed E-state index contributed by atoms with van der Waals surface area (Å²) in [5, 5.41) is 5.84. The molecule has 4 nitrogen and oxygen atoms in total. The summed E-state index contributed by atoms with van der Waals surface area (Å²) < 4.78 is 5.60. The van der Waals surface area contributed by atoms with Crippen LogP contribution in [0.4, 0.5) is 4.79 Å². The van der Waals surface area contributed by atoms with Crippen molar-refractivity contribution >= 4 is 6.03 Å². The van der Waals surface area contributed by atoms with Gasteiger partial charge in [-0.25, -0.2) is 4.79 Å². The summed E-state index contributed by atoms with van der Waals surface area (Å²) in [6.45, 7) is 8.79. The first-order valence-corrected chi connectivity index (χ1v) is 7.36. The molecule has 0 unspecified atom stereocenters. The van der Waals surface area contributed by atoms with Crippen LogP contribution in [0, 0.1) is 0 Å². The Kier molecular flexibility index (Phi) is 6.91. The van der Waals surface area contributed by atoms with Crippen LogP contribution in [0.2, 0.25) is 0 Å². The average Bonchev–Trinajstić information content (AvgIpc) is 2.45. The number of amides is 2. The van der Waals surface area contributed by atoms with E-state index >= 15 is 0 Å². The van der Waals surface area contributed by atoms with Crippen LogP contribution in [0.25, 0.3) is 0 Å². The molecule has 2 atom stereocenters. The maximum Gasteiger partial charge on any atom is 0.315 e. The molecule has 0 heterocycles. The van der Waals surface area contributed by atoms with Gasteiger partial charge in [0.05, 0.1) is 12.6 Å². The second-order valence-corrected chi connectivity index (χ2v) is 5.07. The third-order valence-electron chi connectivity index (χ3n) is 3.17. The Morgan fingerprint density at radius 3 is 2.65 bits per heavy atom. The van der Waals surface area contributed by atoms with Crippen molar-refractivity contribution in [2.75, 3.05) is 6.61 Å². The van der Waals surface area contributed by atoms with Crippen molar-refractivity contribution in [1.29, 1.82) is 0 Å². The second kappa shape index (κ2) is 8.46. The van der Waals surface area contributed by atoms with E-state index in [9.17, 15) is 4.79 Å². The van der Waals surface area contributed by atoms with E-state index < -0.39 is 0 Å². The topological polar surface area (TPSA) is 50.4 Å². The van der Waals surface area contributed by atoms with Gasteiger partial charge in [-0.15, -0.1) is 0 Å². The molecule has 0 radical (unpaired) electrons. The van der Waals surface area contributed by atoms with Gasteiger partial charge in [0.2, 0.25) is 0 Å². The van der Waals surface area contributed by atoms with Gasteiger partial charge in [-0.3, -0.25) is 0 Å². The zero-order valence-electron chi connectivity index (χ0n) is 12.9. The predicted octanol–water partition coefficient (Wildman–Crippen LogP) is 3.63. The smallest absolute Gasteiger partial charge is 0.315 e. The van der Waals surface area contributed by atoms with E-state index in [1.807, 2.05) is 45.0 Å². The largest absolute Gasteiger partial charge is 0.494 e. The fourth-order valence-electron chi connectivity index (χ4n) is 1.74. The molecule has 0 aromatic heterocycles. The molecular formula is C16H26N2O2. The van der Waals surface area contributed by atoms with Crippen LogP contribution in [-0.2, 0) is 0 Å². The quantitative estimate of drug-likeness (QED) is 0.800. The molecule has 4 heteroatoms. The molecule has 2 amide bonds. The molecule has 1 aromatic carbocycles. The van der Waals surface area contributed by atoms with Crippen molar-refractivity contribution < 1.29 is 9.53 Å². The minimum atomic E-state index is -0.133. The first-order valence-electron chi connectivity index (χ1n) is 7.36. The van der Waals surface area contributed by atoms with E-state index in [1.54, 1.807) is 0 Å². The van der Waals surface area contributed by atoms with E-state index in [4.69, 9.17) is 4.74 Å². The summed E-state index contributed by atoms with van der Waals surface area (Å²) in [6.07, 6.45) is 1.90. The summed E-state index contributed by atoms with van der Waals surface area (Å²) in [4.78, 5) is 11.8. The van der Waals surface area contributed by atoms with Crippen molar-refractivity contribution in [1.82, 2.24) is 10.6 Å². The molecule has 0 aliphatic heterocycles. The van der Waals surface area contributed by atoms with Crippen molar-refractivity contribution in [3.63, 3.8) is 0 Å². The third kappa shape index (κ3) is 5.51. The Balaban J connectivity index is 2.58. The number of nitrogens with one attached hydrogen (secondary N) is 2. The maximum absolute atomic E-state index is 11.8. The summed E-state index contributed by atoms with van der Waals surface area (Å²) in [5.41, 5.74) is 1.04. The van der Waals surface area contributed by atoms with Crippen LogP contribution in [-0.4, -0.2) is 18.7 Å². The molecular weight excluding hydrogens is 252 g/mol. The number of carbonyl (C=O) groups excluding carboxylic acids is 1. The lowest BCUT2D eigenvalue weighted by Crippen LogP contribution is -2.41. The lowest BCUT2D eigenvalue weighted by molar-refractivity contribution is 0.234. The highest BCUT2D eigenvalue weighted by atomic mass is 16.5. The van der Waals surface area contributed by atoms with Crippen molar-refractivity contribution in [2.24, 2.45) is 0 Å². The van der Waals surface area contributed by atoms with Gasteiger partial charge in [0.25, 0.3) is 0 Å². The van der Waals surface area contributed by atoms with Crippen molar-refractivity contribution in [3.8, 4) is 5.75 Å². The molecule has 0 aliphatic carbocycles. The minimum Gasteiger partial charge on any atom is -0.494 e. The molecule has 2 N–H and O–H groups in total. The lowest BCUT2D eigenvalue weighted by atomic mass is 10.1. The van der Waals surface area contributed by atoms with Crippen LogP contribution >= 0.6 is 0 Å². The van der Waals surface area contributed by atoms with Crippen LogP contribution < -0.4 is 15.4 Å². The summed E-state index contributed by atoms with van der Waals surface area (Å²) in [7, 11) is 0. The summed E-state index contributed by atoms with van der Waals surface area (Å²) in [6, 6.07) is 7.85. The normalized spacial score (nSPS) is 13.4. The molecule has 0 fully saturated rings. The summed E-state index contributed by atoms with van der Waals surface area (Å²) >= 11 is 0. The Bertz CT molecular complexity index is 421. The van der Waals surface area contributed by atoms with Gasteiger partial charge < -0.3 is 15.4 Å². The average molecular weight is 278 g/mol. The van der Waals surface area contributed by atoms with Gasteiger partial charge in [-0.1, -0.05) is 26.0 Å². The van der Waals surface area contributed by atoms with Gasteiger partial charge in [0.1, 0.15) is 5.75 Å². The van der Waals surface area contributed by atoms with Gasteiger partial charge in [0, 0.05) is 6.04 Å². The van der Waals surface area contributed by atoms with Gasteiger partial charge in [0.15, 0.2) is 0 Å². The first kappa shape index (κ1) is 16.3. The number of carbonyl (C=O) groups is 1. The minimum absolute atomic E-state index is 0.0516. The van der Waals surface area contributed by atoms with Crippen LogP contribution in [0.1, 0.15) is 52.1 Å². The third-order valence-corrected chi connectivity index (χ3v) is 3.17. The first-order chi connectivity index (χ1) is 9.56. The molecule has 0 spiro atoms. The second-order valence-electron chi connectivity index (χ2n) is 5.07. The number of urea groups is 1. The Morgan fingerprint density at radius 1 is 1.25 bits per heavy atom.